The van der Waals surface area contributed by atoms with Gasteiger partial charge in [0, 0.05) is 56.6 Å². The van der Waals surface area contributed by atoms with Crippen LogP contribution in [0.5, 0.6) is 0 Å². The molecular weight excluding hydrogens is 773 g/mol. The maximum atomic E-state index is 13.9. The summed E-state index contributed by atoms with van der Waals surface area (Å²) < 4.78 is 17.9. The summed E-state index contributed by atoms with van der Waals surface area (Å²) in [5, 5.41) is 3.04. The van der Waals surface area contributed by atoms with Gasteiger partial charge < -0.3 is 23.5 Å². The Morgan fingerprint density at radius 2 is 0.721 bits per heavy atom. The quantitative estimate of drug-likeness (QED) is 0.0522. The van der Waals surface area contributed by atoms with Crippen molar-refractivity contribution in [3.05, 3.63) is 35.4 Å². The molecule has 0 bridgehead atoms. The first-order chi connectivity index (χ1) is 30.0. The Morgan fingerprint density at radius 3 is 1.03 bits per heavy atom. The zero-order valence-corrected chi connectivity index (χ0v) is 42.1. The van der Waals surface area contributed by atoms with E-state index in [1.54, 1.807) is 12.1 Å². The molecule has 0 aliphatic rings. The van der Waals surface area contributed by atoms with Crippen LogP contribution in [0.2, 0.25) is 6.04 Å². The molecule has 7 nitrogen and oxygen atoms in total. The van der Waals surface area contributed by atoms with E-state index in [0.29, 0.717) is 50.0 Å². The van der Waals surface area contributed by atoms with Gasteiger partial charge in [0.15, 0.2) is 0 Å². The minimum atomic E-state index is -2.73. The van der Waals surface area contributed by atoms with Crippen LogP contribution in [-0.2, 0) is 13.3 Å². The third kappa shape index (κ3) is 31.7. The third-order valence-corrected chi connectivity index (χ3v) is 15.4. The van der Waals surface area contributed by atoms with Gasteiger partial charge in [-0.1, -0.05) is 206 Å². The van der Waals surface area contributed by atoms with E-state index >= 15 is 0 Å². The van der Waals surface area contributed by atoms with Gasteiger partial charge in [-0.3, -0.25) is 9.59 Å². The average molecular weight is 873 g/mol. The Kier molecular flexibility index (Phi) is 39.6. The minimum Gasteiger partial charge on any atom is -0.374 e. The zero-order chi connectivity index (χ0) is 44.3. The molecule has 0 spiro atoms. The van der Waals surface area contributed by atoms with Crippen molar-refractivity contribution in [1.82, 2.24) is 10.2 Å². The molecule has 0 aliphatic carbocycles. The Morgan fingerprint density at radius 1 is 0.426 bits per heavy atom. The number of benzene rings is 1. The summed E-state index contributed by atoms with van der Waals surface area (Å²) in [5.74, 6) is -0.0355. The Hall–Kier alpha value is -1.74. The molecule has 0 unspecified atom stereocenters. The molecule has 2 amide bonds. The van der Waals surface area contributed by atoms with Gasteiger partial charge in [-0.05, 0) is 64.3 Å². The van der Waals surface area contributed by atoms with Crippen molar-refractivity contribution in [2.24, 2.45) is 0 Å². The summed E-state index contributed by atoms with van der Waals surface area (Å²) in [4.78, 5) is 29.0. The summed E-state index contributed by atoms with van der Waals surface area (Å²) in [6.07, 6.45) is 43.9. The standard InChI is InChI=1S/C53H100N2O5Si/c1-6-11-13-15-17-19-21-23-25-27-29-31-33-35-37-39-47-55(48-40-38-36-34-32-30-28-26-24-22-20-18-16-14-12-7-2)53(57)51-44-42-50(43-45-51)52(56)54-46-41-49-61(58-8-3,59-9-4)60-10-5/h42-45H,6-41,46-49H2,1-5H3,(H,54,56). The molecule has 8 heteroatoms. The van der Waals surface area contributed by atoms with Crippen molar-refractivity contribution in [2.45, 2.75) is 253 Å². The number of rotatable bonds is 46. The number of hydrogen-bond donors (Lipinski definition) is 1. The minimum absolute atomic E-state index is 0.0953. The highest BCUT2D eigenvalue weighted by atomic mass is 28.4. The number of nitrogens with zero attached hydrogens (tertiary/aromatic N) is 1. The van der Waals surface area contributed by atoms with E-state index < -0.39 is 8.80 Å². The lowest BCUT2D eigenvalue weighted by atomic mass is 10.0. The van der Waals surface area contributed by atoms with Crippen LogP contribution in [-0.4, -0.2) is 65.0 Å². The van der Waals surface area contributed by atoms with Crippen molar-refractivity contribution in [3.8, 4) is 0 Å². The van der Waals surface area contributed by atoms with Crippen molar-refractivity contribution >= 4 is 20.6 Å². The van der Waals surface area contributed by atoms with Crippen LogP contribution in [0.1, 0.15) is 267 Å². The highest BCUT2D eigenvalue weighted by molar-refractivity contribution is 6.60. The lowest BCUT2D eigenvalue weighted by molar-refractivity contribution is 0.0704. The number of hydrogen-bond acceptors (Lipinski definition) is 5. The molecule has 0 aromatic heterocycles. The fourth-order valence-corrected chi connectivity index (χ4v) is 11.2. The number of carbonyl (C=O) groups is 2. The molecule has 1 aromatic rings. The Bertz CT molecular complexity index is 1070. The number of unbranched alkanes of at least 4 members (excludes halogenated alkanes) is 30. The van der Waals surface area contributed by atoms with E-state index in [1.807, 2.05) is 32.9 Å². The molecule has 0 fully saturated rings. The maximum Gasteiger partial charge on any atom is 0.500 e. The molecule has 0 saturated carbocycles. The lowest BCUT2D eigenvalue weighted by Crippen LogP contribution is -2.46. The molecule has 1 N–H and O–H groups in total. The van der Waals surface area contributed by atoms with E-state index in [-0.39, 0.29) is 11.8 Å². The van der Waals surface area contributed by atoms with Crippen molar-refractivity contribution < 1.29 is 22.9 Å². The van der Waals surface area contributed by atoms with Crippen molar-refractivity contribution in [1.29, 1.82) is 0 Å². The second-order valence-electron chi connectivity index (χ2n) is 17.8. The number of amides is 2. The van der Waals surface area contributed by atoms with Crippen molar-refractivity contribution in [2.75, 3.05) is 39.5 Å². The molecule has 1 rings (SSSR count). The van der Waals surface area contributed by atoms with E-state index in [2.05, 4.69) is 24.1 Å². The van der Waals surface area contributed by atoms with Gasteiger partial charge in [0.1, 0.15) is 0 Å². The Balaban J connectivity index is 2.50. The first kappa shape index (κ1) is 57.3. The summed E-state index contributed by atoms with van der Waals surface area (Å²) in [5.41, 5.74) is 1.24. The van der Waals surface area contributed by atoms with Gasteiger partial charge in [0.05, 0.1) is 0 Å². The van der Waals surface area contributed by atoms with Crippen LogP contribution in [0.3, 0.4) is 0 Å². The fraction of sp³-hybridized carbons (Fsp3) is 0.849. The first-order valence-corrected chi connectivity index (χ1v) is 28.5. The van der Waals surface area contributed by atoms with Crippen LogP contribution in [0, 0.1) is 0 Å². The van der Waals surface area contributed by atoms with E-state index in [1.165, 1.54) is 193 Å². The second-order valence-corrected chi connectivity index (χ2v) is 20.5. The SMILES string of the molecule is CCCCCCCCCCCCCCCCCCN(CCCCCCCCCCCCCCCCCC)C(=O)c1ccc(C(=O)NCCC[Si](OCC)(OCC)OCC)cc1. The summed E-state index contributed by atoms with van der Waals surface area (Å²) in [7, 11) is -2.73. The molecule has 0 radical (unpaired) electrons. The zero-order valence-electron chi connectivity index (χ0n) is 41.1. The fourth-order valence-electron chi connectivity index (χ4n) is 8.57. The molecule has 0 heterocycles. The molecule has 356 valence electrons. The van der Waals surface area contributed by atoms with Gasteiger partial charge >= 0.3 is 8.80 Å². The lowest BCUT2D eigenvalue weighted by Gasteiger charge is -2.28. The smallest absolute Gasteiger partial charge is 0.374 e. The van der Waals surface area contributed by atoms with Crippen LogP contribution in [0.25, 0.3) is 0 Å². The largest absolute Gasteiger partial charge is 0.500 e. The second kappa shape index (κ2) is 42.2. The van der Waals surface area contributed by atoms with Crippen LogP contribution in [0.15, 0.2) is 24.3 Å². The first-order valence-electron chi connectivity index (χ1n) is 26.6. The predicted molar refractivity (Wildman–Crippen MR) is 264 cm³/mol. The molecule has 0 aliphatic heterocycles. The normalized spacial score (nSPS) is 11.7. The summed E-state index contributed by atoms with van der Waals surface area (Å²) in [6.45, 7) is 14.2. The van der Waals surface area contributed by atoms with Gasteiger partial charge in [-0.2, -0.15) is 0 Å². The van der Waals surface area contributed by atoms with E-state index in [0.717, 1.165) is 25.9 Å². The van der Waals surface area contributed by atoms with Crippen LogP contribution in [0.4, 0.5) is 0 Å². The van der Waals surface area contributed by atoms with Gasteiger partial charge in [0.25, 0.3) is 11.8 Å². The summed E-state index contributed by atoms with van der Waals surface area (Å²) in [6, 6.07) is 7.92. The maximum absolute atomic E-state index is 13.9. The molecule has 1 aromatic carbocycles. The average Bonchev–Trinajstić information content (AvgIpc) is 3.26. The van der Waals surface area contributed by atoms with E-state index in [4.69, 9.17) is 13.3 Å². The molecule has 0 saturated heterocycles. The number of nitrogens with one attached hydrogen (secondary N) is 1. The number of carbonyl (C=O) groups excluding carboxylic acids is 2. The highest BCUT2D eigenvalue weighted by Crippen LogP contribution is 2.20. The van der Waals surface area contributed by atoms with Crippen LogP contribution >= 0.6 is 0 Å². The predicted octanol–water partition coefficient (Wildman–Crippen LogP) is 15.8. The Labute approximate surface area is 379 Å². The van der Waals surface area contributed by atoms with Gasteiger partial charge in [0.2, 0.25) is 0 Å². The van der Waals surface area contributed by atoms with E-state index in [9.17, 15) is 9.59 Å². The third-order valence-electron chi connectivity index (χ3n) is 12.3. The topological polar surface area (TPSA) is 77.1 Å². The molecular formula is C53H100N2O5Si. The van der Waals surface area contributed by atoms with Gasteiger partial charge in [-0.15, -0.1) is 0 Å². The highest BCUT2D eigenvalue weighted by Gasteiger charge is 2.39. The van der Waals surface area contributed by atoms with Crippen LogP contribution < -0.4 is 5.32 Å². The summed E-state index contributed by atoms with van der Waals surface area (Å²) >= 11 is 0. The molecule has 0 atom stereocenters. The van der Waals surface area contributed by atoms with Crippen molar-refractivity contribution in [3.63, 3.8) is 0 Å². The monoisotopic (exact) mass is 873 g/mol. The van der Waals surface area contributed by atoms with Gasteiger partial charge in [-0.25, -0.2) is 0 Å². The molecule has 61 heavy (non-hydrogen) atoms.